The van der Waals surface area contributed by atoms with Gasteiger partial charge in [0.15, 0.2) is 5.43 Å². The molecular formula is C23H24O10. The third kappa shape index (κ3) is 3.92. The molecule has 10 heteroatoms. The van der Waals surface area contributed by atoms with Crippen LogP contribution in [0.15, 0.2) is 45.6 Å². The molecule has 0 unspecified atom stereocenters. The van der Waals surface area contributed by atoms with E-state index in [4.69, 9.17) is 18.6 Å². The Hall–Kier alpha value is -3.15. The lowest BCUT2D eigenvalue weighted by atomic mass is 9.89. The van der Waals surface area contributed by atoms with Crippen LogP contribution >= 0.6 is 0 Å². The Balaban J connectivity index is 1.86. The second-order valence-corrected chi connectivity index (χ2v) is 7.67. The summed E-state index contributed by atoms with van der Waals surface area (Å²) in [5, 5.41) is 51.0. The standard InChI is InChI=1S/C23H24O10/c1-30-11-5-3-10(4-6-11)13-7-12(25)17-15(32-13)8-14(31-2)18(20(17)27)23-22(29)21(28)19(26)16(9-24)33-23/h3-8,16,19,21-24,26-29H,9H2,1-2H3/t16-,19-,21-,22-,23-/m1/s1. The van der Waals surface area contributed by atoms with E-state index in [-0.39, 0.29) is 28.0 Å². The van der Waals surface area contributed by atoms with Gasteiger partial charge in [0, 0.05) is 17.7 Å². The lowest BCUT2D eigenvalue weighted by Gasteiger charge is -2.40. The first-order valence-corrected chi connectivity index (χ1v) is 10.1. The van der Waals surface area contributed by atoms with Gasteiger partial charge in [0.2, 0.25) is 0 Å². The highest BCUT2D eigenvalue weighted by Crippen LogP contribution is 2.45. The topological polar surface area (TPSA) is 159 Å². The van der Waals surface area contributed by atoms with Gasteiger partial charge >= 0.3 is 0 Å². The van der Waals surface area contributed by atoms with Gasteiger partial charge in [-0.25, -0.2) is 0 Å². The number of phenolic OH excluding ortho intramolecular Hbond substituents is 1. The Kier molecular flexibility index (Phi) is 6.28. The fourth-order valence-corrected chi connectivity index (χ4v) is 3.98. The Bertz CT molecular complexity index is 1200. The lowest BCUT2D eigenvalue weighted by molar-refractivity contribution is -0.232. The van der Waals surface area contributed by atoms with Gasteiger partial charge in [-0.2, -0.15) is 0 Å². The monoisotopic (exact) mass is 460 g/mol. The summed E-state index contributed by atoms with van der Waals surface area (Å²) in [5.41, 5.74) is -0.0539. The summed E-state index contributed by atoms with van der Waals surface area (Å²) in [4.78, 5) is 13.0. The molecule has 3 aromatic rings. The third-order valence-corrected chi connectivity index (χ3v) is 5.77. The van der Waals surface area contributed by atoms with Gasteiger partial charge in [-0.15, -0.1) is 0 Å². The summed E-state index contributed by atoms with van der Waals surface area (Å²) in [5.74, 6) is 0.325. The molecule has 1 fully saturated rings. The molecule has 1 aliphatic rings. The maximum absolute atomic E-state index is 13.0. The molecule has 0 radical (unpaired) electrons. The van der Waals surface area contributed by atoms with Crippen molar-refractivity contribution in [3.8, 4) is 28.6 Å². The molecular weight excluding hydrogens is 436 g/mol. The van der Waals surface area contributed by atoms with Gasteiger partial charge in [-0.3, -0.25) is 4.79 Å². The molecule has 2 heterocycles. The Morgan fingerprint density at radius 1 is 0.970 bits per heavy atom. The normalized spacial score (nSPS) is 25.2. The zero-order valence-corrected chi connectivity index (χ0v) is 17.8. The largest absolute Gasteiger partial charge is 0.506 e. The number of benzene rings is 2. The number of ether oxygens (including phenoxy) is 3. The maximum atomic E-state index is 13.0. The number of rotatable bonds is 5. The Morgan fingerprint density at radius 3 is 2.27 bits per heavy atom. The molecule has 2 aromatic carbocycles. The Morgan fingerprint density at radius 2 is 1.67 bits per heavy atom. The van der Waals surface area contributed by atoms with E-state index in [1.807, 2.05) is 0 Å². The quantitative estimate of drug-likeness (QED) is 0.367. The van der Waals surface area contributed by atoms with Crippen molar-refractivity contribution in [1.29, 1.82) is 0 Å². The van der Waals surface area contributed by atoms with Crippen LogP contribution in [0.4, 0.5) is 0 Å². The van der Waals surface area contributed by atoms with E-state index in [9.17, 15) is 30.3 Å². The highest BCUT2D eigenvalue weighted by molar-refractivity contribution is 5.88. The zero-order chi connectivity index (χ0) is 23.9. The molecule has 4 rings (SSSR count). The van der Waals surface area contributed by atoms with E-state index in [2.05, 4.69) is 0 Å². The summed E-state index contributed by atoms with van der Waals surface area (Å²) in [6, 6.07) is 9.41. The van der Waals surface area contributed by atoms with Crippen LogP contribution < -0.4 is 14.9 Å². The first-order valence-electron chi connectivity index (χ1n) is 10.1. The average Bonchev–Trinajstić information content (AvgIpc) is 2.82. The molecule has 0 bridgehead atoms. The summed E-state index contributed by atoms with van der Waals surface area (Å²) in [6.07, 6.45) is -7.53. The fourth-order valence-electron chi connectivity index (χ4n) is 3.98. The number of aliphatic hydroxyl groups excluding tert-OH is 4. The van der Waals surface area contributed by atoms with Gasteiger partial charge in [-0.05, 0) is 24.3 Å². The van der Waals surface area contributed by atoms with Gasteiger partial charge in [0.25, 0.3) is 0 Å². The minimum atomic E-state index is -1.68. The minimum absolute atomic E-state index is 0.0133. The van der Waals surface area contributed by atoms with E-state index >= 15 is 0 Å². The average molecular weight is 460 g/mol. The van der Waals surface area contributed by atoms with E-state index < -0.39 is 48.3 Å². The first kappa shape index (κ1) is 23.0. The van der Waals surface area contributed by atoms with Crippen LogP contribution in [0.5, 0.6) is 17.2 Å². The molecule has 33 heavy (non-hydrogen) atoms. The van der Waals surface area contributed by atoms with Gasteiger partial charge in [0.05, 0.1) is 26.4 Å². The van der Waals surface area contributed by atoms with Crippen LogP contribution in [0.3, 0.4) is 0 Å². The highest BCUT2D eigenvalue weighted by Gasteiger charge is 2.46. The van der Waals surface area contributed by atoms with E-state index in [0.29, 0.717) is 11.3 Å². The molecule has 5 atom stereocenters. The van der Waals surface area contributed by atoms with Crippen LogP contribution in [0.1, 0.15) is 11.7 Å². The maximum Gasteiger partial charge on any atom is 0.197 e. The summed E-state index contributed by atoms with van der Waals surface area (Å²) >= 11 is 0. The van der Waals surface area contributed by atoms with Crippen LogP contribution in [0, 0.1) is 0 Å². The van der Waals surface area contributed by atoms with E-state index in [1.165, 1.54) is 26.4 Å². The molecule has 10 nitrogen and oxygen atoms in total. The van der Waals surface area contributed by atoms with Crippen molar-refractivity contribution in [2.45, 2.75) is 30.5 Å². The molecule has 176 valence electrons. The van der Waals surface area contributed by atoms with Crippen LogP contribution in [0.25, 0.3) is 22.3 Å². The molecule has 0 saturated carbocycles. The minimum Gasteiger partial charge on any atom is -0.506 e. The van der Waals surface area contributed by atoms with Crippen molar-refractivity contribution in [3.05, 3.63) is 52.2 Å². The van der Waals surface area contributed by atoms with Crippen LogP contribution in [0.2, 0.25) is 0 Å². The van der Waals surface area contributed by atoms with Crippen molar-refractivity contribution >= 4 is 11.0 Å². The number of hydrogen-bond acceptors (Lipinski definition) is 10. The first-order chi connectivity index (χ1) is 15.8. The molecule has 0 amide bonds. The van der Waals surface area contributed by atoms with Crippen molar-refractivity contribution in [2.24, 2.45) is 0 Å². The smallest absolute Gasteiger partial charge is 0.197 e. The van der Waals surface area contributed by atoms with Crippen molar-refractivity contribution in [3.63, 3.8) is 0 Å². The summed E-state index contributed by atoms with van der Waals surface area (Å²) < 4.78 is 21.9. The number of hydrogen-bond donors (Lipinski definition) is 5. The third-order valence-electron chi connectivity index (χ3n) is 5.77. The number of fused-ring (bicyclic) bond motifs is 1. The lowest BCUT2D eigenvalue weighted by Crippen LogP contribution is -2.55. The fraction of sp³-hybridized carbons (Fsp3) is 0.348. The van der Waals surface area contributed by atoms with Gasteiger partial charge < -0.3 is 44.2 Å². The number of methoxy groups -OCH3 is 2. The molecule has 1 aromatic heterocycles. The predicted octanol–water partition coefficient (Wildman–Crippen LogP) is 0.698. The summed E-state index contributed by atoms with van der Waals surface area (Å²) in [7, 11) is 2.84. The molecule has 1 saturated heterocycles. The number of phenols is 1. The van der Waals surface area contributed by atoms with Crippen molar-refractivity contribution in [1.82, 2.24) is 0 Å². The highest BCUT2D eigenvalue weighted by atomic mass is 16.5. The van der Waals surface area contributed by atoms with Gasteiger partial charge in [0.1, 0.15) is 64.5 Å². The number of aromatic hydroxyl groups is 1. The van der Waals surface area contributed by atoms with E-state index in [1.54, 1.807) is 24.3 Å². The number of aliphatic hydroxyl groups is 4. The second-order valence-electron chi connectivity index (χ2n) is 7.67. The van der Waals surface area contributed by atoms with Crippen molar-refractivity contribution < 1.29 is 44.2 Å². The van der Waals surface area contributed by atoms with Crippen LogP contribution in [-0.4, -0.2) is 70.8 Å². The SMILES string of the molecule is COc1ccc(-c2cc(=O)c3c(O)c([C@H]4O[C@H](CO)[C@@H](O)[C@@H](O)[C@H]4O)c(OC)cc3o2)cc1. The zero-order valence-electron chi connectivity index (χ0n) is 17.8. The van der Waals surface area contributed by atoms with E-state index in [0.717, 1.165) is 0 Å². The van der Waals surface area contributed by atoms with Crippen LogP contribution in [-0.2, 0) is 4.74 Å². The molecule has 0 aliphatic carbocycles. The molecule has 0 spiro atoms. The molecule has 1 aliphatic heterocycles. The molecule has 5 N–H and O–H groups in total. The summed E-state index contributed by atoms with van der Waals surface area (Å²) in [6.45, 7) is -0.647. The second kappa shape index (κ2) is 9.00. The predicted molar refractivity (Wildman–Crippen MR) is 115 cm³/mol. The van der Waals surface area contributed by atoms with Crippen molar-refractivity contribution in [2.75, 3.05) is 20.8 Å². The Labute approximate surface area is 187 Å². The van der Waals surface area contributed by atoms with Gasteiger partial charge in [-0.1, -0.05) is 0 Å².